The number of furan rings is 1. The van der Waals surface area contributed by atoms with Crippen molar-refractivity contribution < 1.29 is 9.15 Å². The van der Waals surface area contributed by atoms with Crippen LogP contribution in [0.5, 0.6) is 0 Å². The van der Waals surface area contributed by atoms with E-state index in [1.807, 2.05) is 23.9 Å². The molecule has 0 saturated heterocycles. The van der Waals surface area contributed by atoms with E-state index < -0.39 is 0 Å². The third-order valence-electron chi connectivity index (χ3n) is 4.36. The minimum absolute atomic E-state index is 0. The first-order chi connectivity index (χ1) is 12.6. The summed E-state index contributed by atoms with van der Waals surface area (Å²) in [6, 6.07) is 3.89. The number of hydrogen-bond donors (Lipinski definition) is 2. The van der Waals surface area contributed by atoms with Crippen LogP contribution < -0.4 is 10.6 Å². The molecule has 0 aromatic carbocycles. The monoisotopic (exact) mass is 489 g/mol. The van der Waals surface area contributed by atoms with E-state index in [4.69, 9.17) is 9.15 Å². The largest absolute Gasteiger partial charge is 0.469 e. The van der Waals surface area contributed by atoms with Gasteiger partial charge in [-0.15, -0.1) is 24.0 Å². The Morgan fingerprint density at radius 2 is 2.04 bits per heavy atom. The molecule has 7 nitrogen and oxygen atoms in total. The molecule has 0 atom stereocenters. The average molecular weight is 489 g/mol. The molecule has 27 heavy (non-hydrogen) atoms. The fourth-order valence-corrected chi connectivity index (χ4v) is 2.83. The average Bonchev–Trinajstić information content (AvgIpc) is 3.21. The number of ether oxygens (including phenoxy) is 1. The molecule has 2 aromatic rings. The molecule has 2 N–H and O–H groups in total. The van der Waals surface area contributed by atoms with Gasteiger partial charge in [0.25, 0.3) is 0 Å². The molecule has 0 fully saturated rings. The molecule has 0 radical (unpaired) electrons. The number of hydrogen-bond acceptors (Lipinski definition) is 4. The molecule has 2 rings (SSSR count). The van der Waals surface area contributed by atoms with Gasteiger partial charge in [-0.1, -0.05) is 0 Å². The highest BCUT2D eigenvalue weighted by Crippen LogP contribution is 2.13. The van der Waals surface area contributed by atoms with Crippen LogP contribution in [-0.2, 0) is 24.6 Å². The second kappa shape index (κ2) is 12.8. The predicted octanol–water partition coefficient (Wildman–Crippen LogP) is 2.60. The van der Waals surface area contributed by atoms with Gasteiger partial charge in [0.15, 0.2) is 5.96 Å². The smallest absolute Gasteiger partial charge is 0.191 e. The lowest BCUT2D eigenvalue weighted by Gasteiger charge is -2.12. The molecule has 8 heteroatoms. The molecule has 0 unspecified atom stereocenters. The van der Waals surface area contributed by atoms with Gasteiger partial charge < -0.3 is 19.8 Å². The first-order valence-electron chi connectivity index (χ1n) is 9.14. The number of nitrogens with one attached hydrogen (secondary N) is 2. The number of aliphatic imine (C=N–C) groups is 1. The summed E-state index contributed by atoms with van der Waals surface area (Å²) in [6.07, 6.45) is 4.51. The van der Waals surface area contributed by atoms with Gasteiger partial charge in [0.1, 0.15) is 5.76 Å². The van der Waals surface area contributed by atoms with E-state index in [-0.39, 0.29) is 24.0 Å². The van der Waals surface area contributed by atoms with E-state index in [0.717, 1.165) is 56.3 Å². The van der Waals surface area contributed by atoms with E-state index in [0.29, 0.717) is 6.61 Å². The van der Waals surface area contributed by atoms with Gasteiger partial charge in [-0.25, -0.2) is 0 Å². The third kappa shape index (κ3) is 7.92. The summed E-state index contributed by atoms with van der Waals surface area (Å²) in [5.41, 5.74) is 3.69. The Bertz CT molecular complexity index is 683. The van der Waals surface area contributed by atoms with E-state index >= 15 is 0 Å². The molecule has 0 aliphatic carbocycles. The maximum Gasteiger partial charge on any atom is 0.191 e. The van der Waals surface area contributed by atoms with Gasteiger partial charge in [0.05, 0.1) is 18.6 Å². The van der Waals surface area contributed by atoms with Crippen molar-refractivity contribution in [2.24, 2.45) is 12.0 Å². The summed E-state index contributed by atoms with van der Waals surface area (Å²) >= 11 is 0. The lowest BCUT2D eigenvalue weighted by Crippen LogP contribution is -2.40. The van der Waals surface area contributed by atoms with Crippen molar-refractivity contribution >= 4 is 29.9 Å². The summed E-state index contributed by atoms with van der Waals surface area (Å²) in [4.78, 5) is 4.68. The summed E-state index contributed by atoms with van der Waals surface area (Å²) in [5.74, 6) is 1.78. The highest BCUT2D eigenvalue weighted by atomic mass is 127. The Hall–Kier alpha value is -1.55. The SMILES string of the molecule is COCCNC(=NCCCc1c(C)nn(C)c1C)NCCc1ccco1.I. The summed E-state index contributed by atoms with van der Waals surface area (Å²) in [5, 5.41) is 11.1. The number of nitrogens with zero attached hydrogens (tertiary/aromatic N) is 3. The van der Waals surface area contributed by atoms with E-state index in [1.54, 1.807) is 13.4 Å². The fourth-order valence-electron chi connectivity index (χ4n) is 2.83. The molecule has 2 heterocycles. The lowest BCUT2D eigenvalue weighted by atomic mass is 10.1. The quantitative estimate of drug-likeness (QED) is 0.232. The zero-order valence-corrected chi connectivity index (χ0v) is 19.1. The number of rotatable bonds is 10. The molecule has 0 amide bonds. The Kier molecular flexibility index (Phi) is 11.1. The molecule has 0 spiro atoms. The number of guanidine groups is 1. The predicted molar refractivity (Wildman–Crippen MR) is 119 cm³/mol. The zero-order chi connectivity index (χ0) is 18.8. The molecule has 0 aliphatic heterocycles. The maximum atomic E-state index is 5.36. The van der Waals surface area contributed by atoms with Crippen LogP contribution in [0.2, 0.25) is 0 Å². The Morgan fingerprint density at radius 1 is 1.26 bits per heavy atom. The first-order valence-corrected chi connectivity index (χ1v) is 9.14. The Morgan fingerprint density at radius 3 is 2.67 bits per heavy atom. The molecule has 0 aliphatic rings. The number of aromatic nitrogens is 2. The molecule has 0 bridgehead atoms. The van der Waals surface area contributed by atoms with Gasteiger partial charge >= 0.3 is 0 Å². The van der Waals surface area contributed by atoms with Crippen molar-refractivity contribution in [3.05, 3.63) is 41.1 Å². The summed E-state index contributed by atoms with van der Waals surface area (Å²) in [7, 11) is 3.69. The topological polar surface area (TPSA) is 76.6 Å². The highest BCUT2D eigenvalue weighted by Gasteiger charge is 2.08. The van der Waals surface area contributed by atoms with Gasteiger partial charge in [-0.05, 0) is 44.4 Å². The zero-order valence-electron chi connectivity index (χ0n) is 16.7. The van der Waals surface area contributed by atoms with Crippen molar-refractivity contribution in [1.29, 1.82) is 0 Å². The number of aryl methyl sites for hydroxylation is 2. The van der Waals surface area contributed by atoms with Crippen molar-refractivity contribution in [3.63, 3.8) is 0 Å². The van der Waals surface area contributed by atoms with Crippen molar-refractivity contribution in [1.82, 2.24) is 20.4 Å². The lowest BCUT2D eigenvalue weighted by molar-refractivity contribution is 0.203. The van der Waals surface area contributed by atoms with Crippen molar-refractivity contribution in [3.8, 4) is 0 Å². The normalized spacial score (nSPS) is 11.3. The minimum atomic E-state index is 0. The van der Waals surface area contributed by atoms with Gasteiger partial charge in [-0.2, -0.15) is 5.10 Å². The second-order valence-corrected chi connectivity index (χ2v) is 6.28. The van der Waals surface area contributed by atoms with Gasteiger partial charge in [-0.3, -0.25) is 9.67 Å². The maximum absolute atomic E-state index is 5.36. The van der Waals surface area contributed by atoms with Crippen LogP contribution in [0.3, 0.4) is 0 Å². The molecule has 152 valence electrons. The van der Waals surface area contributed by atoms with Crippen LogP contribution in [0, 0.1) is 13.8 Å². The summed E-state index contributed by atoms with van der Waals surface area (Å²) in [6.45, 7) is 7.09. The molecule has 2 aromatic heterocycles. The summed E-state index contributed by atoms with van der Waals surface area (Å²) < 4.78 is 12.4. The molecule has 0 saturated carbocycles. The fraction of sp³-hybridized carbons (Fsp3) is 0.579. The van der Waals surface area contributed by atoms with Crippen molar-refractivity contribution in [2.75, 3.05) is 33.4 Å². The van der Waals surface area contributed by atoms with Crippen LogP contribution >= 0.6 is 24.0 Å². The van der Waals surface area contributed by atoms with E-state index in [9.17, 15) is 0 Å². The van der Waals surface area contributed by atoms with Gasteiger partial charge in [0.2, 0.25) is 0 Å². The molecular weight excluding hydrogens is 457 g/mol. The first kappa shape index (κ1) is 23.5. The Balaban J connectivity index is 0.00000364. The number of methoxy groups -OCH3 is 1. The Labute approximate surface area is 179 Å². The van der Waals surface area contributed by atoms with E-state index in [2.05, 4.69) is 34.6 Å². The number of halogens is 1. The highest BCUT2D eigenvalue weighted by molar-refractivity contribution is 14.0. The van der Waals surface area contributed by atoms with Crippen LogP contribution in [0.4, 0.5) is 0 Å². The van der Waals surface area contributed by atoms with E-state index in [1.165, 1.54) is 11.3 Å². The van der Waals surface area contributed by atoms with Crippen LogP contribution in [-0.4, -0.2) is 49.1 Å². The van der Waals surface area contributed by atoms with Crippen LogP contribution in [0.25, 0.3) is 0 Å². The van der Waals surface area contributed by atoms with Crippen LogP contribution in [0.1, 0.15) is 29.1 Å². The third-order valence-corrected chi connectivity index (χ3v) is 4.36. The minimum Gasteiger partial charge on any atom is -0.469 e. The van der Waals surface area contributed by atoms with Crippen LogP contribution in [0.15, 0.2) is 27.8 Å². The van der Waals surface area contributed by atoms with Gasteiger partial charge in [0, 0.05) is 45.9 Å². The molecular formula is C19H32IN5O2. The van der Waals surface area contributed by atoms with Crippen molar-refractivity contribution in [2.45, 2.75) is 33.1 Å². The standard InChI is InChI=1S/C19H31N5O2.HI/c1-15-18(16(2)24(3)23-15)8-5-10-20-19(22-12-14-25-4)21-11-9-17-7-6-13-26-17;/h6-7,13H,5,8-12,14H2,1-4H3,(H2,20,21,22);1H. The second-order valence-electron chi connectivity index (χ2n) is 6.28.